The normalized spacial score (nSPS) is 11.1. The first kappa shape index (κ1) is 11.7. The number of benzene rings is 1. The number of carbonyl (C=O) groups is 1. The molecule has 0 atom stereocenters. The lowest BCUT2D eigenvalue weighted by atomic mass is 10.2. The van der Waals surface area contributed by atoms with Gasteiger partial charge < -0.3 is 20.3 Å². The Morgan fingerprint density at radius 2 is 2.00 bits per heavy atom. The summed E-state index contributed by atoms with van der Waals surface area (Å²) < 4.78 is 15.3. The van der Waals surface area contributed by atoms with Gasteiger partial charge in [-0.2, -0.15) is 0 Å². The Labute approximate surface area is 85.8 Å². The first-order valence-electron chi connectivity index (χ1n) is 3.96. The third-order valence-corrected chi connectivity index (χ3v) is 2.01. The number of primary amides is 1. The molecule has 0 saturated carbocycles. The van der Waals surface area contributed by atoms with Crippen molar-refractivity contribution in [2.45, 2.75) is 0 Å². The predicted molar refractivity (Wildman–Crippen MR) is 52.5 cm³/mol. The monoisotopic (exact) mass is 231 g/mol. The van der Waals surface area contributed by atoms with Crippen molar-refractivity contribution in [3.05, 3.63) is 29.8 Å². The molecule has 0 heterocycles. The third kappa shape index (κ3) is 3.71. The summed E-state index contributed by atoms with van der Waals surface area (Å²) in [6.45, 7) is 0. The van der Waals surface area contributed by atoms with E-state index in [0.717, 1.165) is 0 Å². The summed E-state index contributed by atoms with van der Waals surface area (Å²) in [5.41, 5.74) is 5.13. The minimum absolute atomic E-state index is 0.0633. The predicted octanol–water partition coefficient (Wildman–Crippen LogP) is 0.299. The molecule has 0 aromatic heterocycles. The summed E-state index contributed by atoms with van der Waals surface area (Å²) in [7, 11) is -4.26. The summed E-state index contributed by atoms with van der Waals surface area (Å²) >= 11 is 0. The first-order chi connectivity index (χ1) is 6.90. The molecule has 0 aliphatic heterocycles. The van der Waals surface area contributed by atoms with E-state index in [4.69, 9.17) is 20.3 Å². The number of hydrogen-bond acceptors (Lipinski definition) is 3. The zero-order chi connectivity index (χ0) is 11.5. The van der Waals surface area contributed by atoms with Gasteiger partial charge in [0.15, 0.2) is 6.35 Å². The average Bonchev–Trinajstić information content (AvgIpc) is 2.14. The van der Waals surface area contributed by atoms with Crippen LogP contribution in [0.5, 0.6) is 5.75 Å². The van der Waals surface area contributed by atoms with Gasteiger partial charge >= 0.3 is 7.60 Å². The van der Waals surface area contributed by atoms with Gasteiger partial charge in [0.25, 0.3) is 5.91 Å². The molecule has 1 amide bonds. The molecule has 7 heteroatoms. The van der Waals surface area contributed by atoms with E-state index in [0.29, 0.717) is 0 Å². The Morgan fingerprint density at radius 1 is 1.40 bits per heavy atom. The van der Waals surface area contributed by atoms with Gasteiger partial charge in [-0.25, -0.2) is 0 Å². The van der Waals surface area contributed by atoms with Crippen LogP contribution in [0.4, 0.5) is 0 Å². The van der Waals surface area contributed by atoms with Crippen molar-refractivity contribution in [3.63, 3.8) is 0 Å². The highest BCUT2D eigenvalue weighted by Crippen LogP contribution is 2.35. The van der Waals surface area contributed by atoms with E-state index >= 15 is 0 Å². The fourth-order valence-corrected chi connectivity index (χ4v) is 1.26. The van der Waals surface area contributed by atoms with Gasteiger partial charge in [-0.1, -0.05) is 12.1 Å². The topological polar surface area (TPSA) is 110 Å². The zero-order valence-electron chi connectivity index (χ0n) is 7.66. The largest absolute Gasteiger partial charge is 0.480 e. The third-order valence-electron chi connectivity index (χ3n) is 1.54. The van der Waals surface area contributed by atoms with Crippen molar-refractivity contribution in [1.82, 2.24) is 0 Å². The number of ether oxygens (including phenoxy) is 1. The van der Waals surface area contributed by atoms with Crippen LogP contribution in [0.2, 0.25) is 0 Å². The quantitative estimate of drug-likeness (QED) is 0.645. The highest BCUT2D eigenvalue weighted by atomic mass is 31.2. The highest BCUT2D eigenvalue weighted by Gasteiger charge is 2.16. The number of nitrogens with two attached hydrogens (primary N) is 1. The van der Waals surface area contributed by atoms with Gasteiger partial charge in [0, 0.05) is 0 Å². The van der Waals surface area contributed by atoms with Crippen LogP contribution in [0.15, 0.2) is 24.3 Å². The Morgan fingerprint density at radius 3 is 2.53 bits per heavy atom. The van der Waals surface area contributed by atoms with Crippen LogP contribution in [0.25, 0.3) is 0 Å². The molecule has 0 bridgehead atoms. The molecular weight excluding hydrogens is 221 g/mol. The van der Waals surface area contributed by atoms with Crippen LogP contribution in [0.1, 0.15) is 10.4 Å². The lowest BCUT2D eigenvalue weighted by molar-refractivity contribution is 0.0996. The second-order valence-corrected chi connectivity index (χ2v) is 4.39. The molecule has 0 fully saturated rings. The summed E-state index contributed by atoms with van der Waals surface area (Å²) in [5, 5.41) is 0. The van der Waals surface area contributed by atoms with E-state index in [1.807, 2.05) is 0 Å². The summed E-state index contributed by atoms with van der Waals surface area (Å²) in [6.07, 6.45) is -0.780. The van der Waals surface area contributed by atoms with Gasteiger partial charge in [-0.3, -0.25) is 9.36 Å². The Hall–Kier alpha value is -1.36. The summed E-state index contributed by atoms with van der Waals surface area (Å²) in [5.74, 6) is -0.648. The van der Waals surface area contributed by atoms with Crippen molar-refractivity contribution < 1.29 is 23.9 Å². The molecule has 0 aliphatic carbocycles. The minimum Gasteiger partial charge on any atom is -0.480 e. The van der Waals surface area contributed by atoms with Crippen molar-refractivity contribution in [3.8, 4) is 5.75 Å². The van der Waals surface area contributed by atoms with E-state index < -0.39 is 19.9 Å². The molecule has 6 nitrogen and oxygen atoms in total. The Balaban J connectivity index is 2.85. The number of para-hydroxylation sites is 1. The van der Waals surface area contributed by atoms with Crippen molar-refractivity contribution >= 4 is 13.5 Å². The van der Waals surface area contributed by atoms with E-state index in [2.05, 4.69) is 0 Å². The van der Waals surface area contributed by atoms with Crippen molar-refractivity contribution in [2.75, 3.05) is 6.35 Å². The maximum Gasteiger partial charge on any atom is 0.362 e. The summed E-state index contributed by atoms with van der Waals surface area (Å²) in [4.78, 5) is 28.1. The second-order valence-electron chi connectivity index (χ2n) is 2.80. The molecule has 1 aromatic carbocycles. The van der Waals surface area contributed by atoms with E-state index in [1.165, 1.54) is 12.1 Å². The van der Waals surface area contributed by atoms with Gasteiger partial charge in [0.05, 0.1) is 5.56 Å². The van der Waals surface area contributed by atoms with Gasteiger partial charge in [-0.15, -0.1) is 0 Å². The van der Waals surface area contributed by atoms with E-state index in [9.17, 15) is 9.36 Å². The van der Waals surface area contributed by atoms with Gasteiger partial charge in [0.1, 0.15) is 5.75 Å². The van der Waals surface area contributed by atoms with Gasteiger partial charge in [0.2, 0.25) is 0 Å². The Kier molecular flexibility index (Phi) is 3.47. The highest BCUT2D eigenvalue weighted by molar-refractivity contribution is 7.51. The second kappa shape index (κ2) is 4.44. The van der Waals surface area contributed by atoms with Crippen molar-refractivity contribution in [2.24, 2.45) is 5.73 Å². The number of carbonyl (C=O) groups excluding carboxylic acids is 1. The maximum absolute atomic E-state index is 10.9. The fourth-order valence-electron chi connectivity index (χ4n) is 0.950. The minimum atomic E-state index is -4.26. The van der Waals surface area contributed by atoms with Gasteiger partial charge in [-0.05, 0) is 12.1 Å². The van der Waals surface area contributed by atoms with Crippen LogP contribution in [0, 0.1) is 0 Å². The molecule has 0 radical (unpaired) electrons. The molecule has 0 saturated heterocycles. The smallest absolute Gasteiger partial charge is 0.362 e. The molecule has 1 aromatic rings. The van der Waals surface area contributed by atoms with Crippen LogP contribution in [-0.2, 0) is 4.57 Å². The number of hydrogen-bond donors (Lipinski definition) is 3. The van der Waals surface area contributed by atoms with Crippen molar-refractivity contribution in [1.29, 1.82) is 0 Å². The molecule has 82 valence electrons. The zero-order valence-corrected chi connectivity index (χ0v) is 8.55. The number of amides is 1. The molecule has 0 aliphatic rings. The van der Waals surface area contributed by atoms with Crippen LogP contribution >= 0.6 is 7.60 Å². The lowest BCUT2D eigenvalue weighted by Crippen LogP contribution is -2.13. The molecular formula is C8H10NO5P. The maximum atomic E-state index is 10.9. The summed E-state index contributed by atoms with van der Waals surface area (Å²) in [6, 6.07) is 5.97. The van der Waals surface area contributed by atoms with E-state index in [1.54, 1.807) is 12.1 Å². The molecule has 0 spiro atoms. The van der Waals surface area contributed by atoms with E-state index in [-0.39, 0.29) is 11.3 Å². The molecule has 0 unspecified atom stereocenters. The van der Waals surface area contributed by atoms with Crippen LogP contribution in [-0.4, -0.2) is 22.0 Å². The average molecular weight is 231 g/mol. The molecule has 1 rings (SSSR count). The standard InChI is InChI=1S/C8H10NO5P/c9-8(10)6-3-1-2-4-7(6)14-5-15(11,12)13/h1-4H,5H2,(H2,9,10)(H2,11,12,13). The van der Waals surface area contributed by atoms with Crippen LogP contribution in [0.3, 0.4) is 0 Å². The first-order valence-corrected chi connectivity index (χ1v) is 5.76. The molecule has 15 heavy (non-hydrogen) atoms. The fraction of sp³-hybridized carbons (Fsp3) is 0.125. The SMILES string of the molecule is NC(=O)c1ccccc1OCP(=O)(O)O. The Bertz CT molecular complexity index is 413. The number of rotatable bonds is 4. The molecule has 4 N–H and O–H groups in total. The lowest BCUT2D eigenvalue weighted by Gasteiger charge is -2.09. The van der Waals surface area contributed by atoms with Crippen LogP contribution < -0.4 is 10.5 Å².